The molecule has 0 heterocycles. The van der Waals surface area contributed by atoms with Gasteiger partial charge < -0.3 is 5.73 Å². The molecule has 0 saturated heterocycles. The van der Waals surface area contributed by atoms with E-state index in [1.165, 1.54) is 18.2 Å². The maximum absolute atomic E-state index is 13.5. The van der Waals surface area contributed by atoms with Gasteiger partial charge in [0.25, 0.3) is 0 Å². The maximum atomic E-state index is 13.5. The number of rotatable bonds is 2. The van der Waals surface area contributed by atoms with E-state index in [4.69, 9.17) is 5.73 Å². The minimum Gasteiger partial charge on any atom is -0.320 e. The van der Waals surface area contributed by atoms with E-state index in [0.29, 0.717) is 0 Å². The summed E-state index contributed by atoms with van der Waals surface area (Å²) in [6.07, 6.45) is 0. The molecule has 2 rings (SSSR count). The Morgan fingerprint density at radius 3 is 1.89 bits per heavy atom. The number of hydrogen-bond acceptors (Lipinski definition) is 1. The Kier molecular flexibility index (Phi) is 3.34. The van der Waals surface area contributed by atoms with E-state index in [1.54, 1.807) is 0 Å². The molecule has 0 radical (unpaired) electrons. The van der Waals surface area contributed by atoms with Gasteiger partial charge in [0.15, 0.2) is 11.6 Å². The van der Waals surface area contributed by atoms with Gasteiger partial charge in [-0.2, -0.15) is 0 Å². The van der Waals surface area contributed by atoms with Crippen molar-refractivity contribution in [2.24, 2.45) is 5.73 Å². The van der Waals surface area contributed by atoms with Gasteiger partial charge in [-0.3, -0.25) is 0 Å². The molecule has 0 bridgehead atoms. The molecule has 1 nitrogen and oxygen atoms in total. The fourth-order valence-corrected chi connectivity index (χ4v) is 1.72. The van der Waals surface area contributed by atoms with Crippen LogP contribution >= 0.6 is 0 Å². The summed E-state index contributed by atoms with van der Waals surface area (Å²) in [7, 11) is 0. The summed E-state index contributed by atoms with van der Waals surface area (Å²) in [6, 6.07) is 5.11. The van der Waals surface area contributed by atoms with Gasteiger partial charge in [-0.05, 0) is 18.2 Å². The van der Waals surface area contributed by atoms with Gasteiger partial charge in [0.05, 0.1) is 6.04 Å². The monoisotopic (exact) mass is 255 g/mol. The highest BCUT2D eigenvalue weighted by Crippen LogP contribution is 2.27. The van der Waals surface area contributed by atoms with E-state index < -0.39 is 34.9 Å². The Morgan fingerprint density at radius 1 is 0.778 bits per heavy atom. The summed E-state index contributed by atoms with van der Waals surface area (Å²) in [4.78, 5) is 0. The molecule has 0 aromatic heterocycles. The smallest absolute Gasteiger partial charge is 0.163 e. The molecular formula is C13H9F4N. The second kappa shape index (κ2) is 4.78. The van der Waals surface area contributed by atoms with Crippen LogP contribution in [0.3, 0.4) is 0 Å². The predicted molar refractivity (Wildman–Crippen MR) is 58.7 cm³/mol. The van der Waals surface area contributed by atoms with Crippen molar-refractivity contribution in [2.45, 2.75) is 6.04 Å². The number of benzene rings is 2. The van der Waals surface area contributed by atoms with Crippen molar-refractivity contribution in [3.05, 3.63) is 70.8 Å². The zero-order chi connectivity index (χ0) is 13.3. The fourth-order valence-electron chi connectivity index (χ4n) is 1.72. The lowest BCUT2D eigenvalue weighted by Gasteiger charge is -2.15. The van der Waals surface area contributed by atoms with Crippen LogP contribution in [0.15, 0.2) is 36.4 Å². The van der Waals surface area contributed by atoms with E-state index in [-0.39, 0.29) is 5.56 Å². The Hall–Kier alpha value is -1.88. The molecule has 0 fully saturated rings. The van der Waals surface area contributed by atoms with Crippen molar-refractivity contribution in [2.75, 3.05) is 0 Å². The Bertz CT molecular complexity index is 563. The average Bonchev–Trinajstić information content (AvgIpc) is 2.32. The summed E-state index contributed by atoms with van der Waals surface area (Å²) in [5, 5.41) is 0. The molecule has 0 aliphatic rings. The van der Waals surface area contributed by atoms with Crippen LogP contribution in [0.5, 0.6) is 0 Å². The SMILES string of the molecule is NC(c1cccc(F)c1F)c1c(F)cccc1F. The van der Waals surface area contributed by atoms with E-state index in [2.05, 4.69) is 0 Å². The molecule has 5 heteroatoms. The largest absolute Gasteiger partial charge is 0.320 e. The van der Waals surface area contributed by atoms with Crippen LogP contribution in [-0.2, 0) is 0 Å². The Balaban J connectivity index is 2.55. The van der Waals surface area contributed by atoms with Crippen LogP contribution in [-0.4, -0.2) is 0 Å². The van der Waals surface area contributed by atoms with Gasteiger partial charge in [0, 0.05) is 11.1 Å². The van der Waals surface area contributed by atoms with Crippen LogP contribution < -0.4 is 5.73 Å². The third-order valence-electron chi connectivity index (χ3n) is 2.63. The summed E-state index contributed by atoms with van der Waals surface area (Å²) in [6.45, 7) is 0. The molecule has 0 saturated carbocycles. The molecule has 2 aromatic carbocycles. The van der Waals surface area contributed by atoms with Crippen molar-refractivity contribution < 1.29 is 17.6 Å². The first-order valence-corrected chi connectivity index (χ1v) is 5.15. The molecule has 0 spiro atoms. The van der Waals surface area contributed by atoms with Gasteiger partial charge in [-0.25, -0.2) is 17.6 Å². The molecule has 94 valence electrons. The minimum atomic E-state index is -1.40. The first-order valence-electron chi connectivity index (χ1n) is 5.15. The maximum Gasteiger partial charge on any atom is 0.163 e. The number of nitrogens with two attached hydrogens (primary N) is 1. The van der Waals surface area contributed by atoms with E-state index >= 15 is 0 Å². The van der Waals surface area contributed by atoms with Gasteiger partial charge in [0.2, 0.25) is 0 Å². The van der Waals surface area contributed by atoms with Crippen LogP contribution in [0, 0.1) is 23.3 Å². The lowest BCUT2D eigenvalue weighted by atomic mass is 9.98. The molecule has 0 amide bonds. The van der Waals surface area contributed by atoms with Crippen LogP contribution in [0.1, 0.15) is 17.2 Å². The Labute approximate surface area is 101 Å². The lowest BCUT2D eigenvalue weighted by molar-refractivity contribution is 0.486. The number of halogens is 4. The highest BCUT2D eigenvalue weighted by atomic mass is 19.2. The van der Waals surface area contributed by atoms with E-state index in [9.17, 15) is 17.6 Å². The summed E-state index contributed by atoms with van der Waals surface area (Å²) < 4.78 is 53.5. The molecule has 1 atom stereocenters. The zero-order valence-corrected chi connectivity index (χ0v) is 9.13. The van der Waals surface area contributed by atoms with Gasteiger partial charge in [0.1, 0.15) is 11.6 Å². The van der Waals surface area contributed by atoms with E-state index in [1.807, 2.05) is 0 Å². The molecule has 2 aromatic rings. The second-order valence-corrected chi connectivity index (χ2v) is 3.76. The lowest BCUT2D eigenvalue weighted by Crippen LogP contribution is -2.17. The van der Waals surface area contributed by atoms with Gasteiger partial charge in [-0.15, -0.1) is 0 Å². The van der Waals surface area contributed by atoms with Crippen molar-refractivity contribution in [1.82, 2.24) is 0 Å². The molecule has 18 heavy (non-hydrogen) atoms. The molecule has 0 aliphatic heterocycles. The zero-order valence-electron chi connectivity index (χ0n) is 9.13. The van der Waals surface area contributed by atoms with Crippen molar-refractivity contribution in [3.63, 3.8) is 0 Å². The fraction of sp³-hybridized carbons (Fsp3) is 0.0769. The van der Waals surface area contributed by atoms with Crippen LogP contribution in [0.25, 0.3) is 0 Å². The minimum absolute atomic E-state index is 0.293. The molecular weight excluding hydrogens is 246 g/mol. The molecule has 0 aliphatic carbocycles. The highest BCUT2D eigenvalue weighted by Gasteiger charge is 2.22. The highest BCUT2D eigenvalue weighted by molar-refractivity contribution is 5.34. The van der Waals surface area contributed by atoms with Crippen molar-refractivity contribution >= 4 is 0 Å². The van der Waals surface area contributed by atoms with Crippen molar-refractivity contribution in [3.8, 4) is 0 Å². The number of hydrogen-bond donors (Lipinski definition) is 1. The third kappa shape index (κ3) is 2.09. The third-order valence-corrected chi connectivity index (χ3v) is 2.63. The summed E-state index contributed by atoms with van der Waals surface area (Å²) in [5.41, 5.74) is 4.82. The predicted octanol–water partition coefficient (Wildman–Crippen LogP) is 3.29. The van der Waals surface area contributed by atoms with Gasteiger partial charge >= 0.3 is 0 Å². The quantitative estimate of drug-likeness (QED) is 0.819. The summed E-state index contributed by atoms with van der Waals surface area (Å²) in [5.74, 6) is -4.11. The Morgan fingerprint density at radius 2 is 1.28 bits per heavy atom. The first-order chi connectivity index (χ1) is 8.52. The normalized spacial score (nSPS) is 12.5. The van der Waals surface area contributed by atoms with E-state index in [0.717, 1.165) is 18.2 Å². The standard InChI is InChI=1S/C13H9F4N/c14-8-4-2-5-9(15)11(8)13(18)7-3-1-6-10(16)12(7)17/h1-6,13H,18H2. The van der Waals surface area contributed by atoms with Crippen LogP contribution in [0.2, 0.25) is 0 Å². The van der Waals surface area contributed by atoms with Crippen LogP contribution in [0.4, 0.5) is 17.6 Å². The summed E-state index contributed by atoms with van der Waals surface area (Å²) >= 11 is 0. The second-order valence-electron chi connectivity index (χ2n) is 3.76. The molecule has 2 N–H and O–H groups in total. The topological polar surface area (TPSA) is 26.0 Å². The first kappa shape index (κ1) is 12.6. The van der Waals surface area contributed by atoms with Gasteiger partial charge in [-0.1, -0.05) is 18.2 Å². The van der Waals surface area contributed by atoms with Crippen molar-refractivity contribution in [1.29, 1.82) is 0 Å². The average molecular weight is 255 g/mol. The molecule has 1 unspecified atom stereocenters.